The zero-order valence-electron chi connectivity index (χ0n) is 19.2. The average molecular weight is 450 g/mol. The van der Waals surface area contributed by atoms with Crippen LogP contribution in [-0.4, -0.2) is 63.8 Å². The van der Waals surface area contributed by atoms with Gasteiger partial charge in [-0.2, -0.15) is 15.0 Å². The Kier molecular flexibility index (Phi) is 6.88. The maximum Gasteiger partial charge on any atom is 0.233 e. The molecule has 0 radical (unpaired) electrons. The van der Waals surface area contributed by atoms with Gasteiger partial charge >= 0.3 is 0 Å². The molecule has 0 bridgehead atoms. The fourth-order valence-corrected chi connectivity index (χ4v) is 3.63. The number of hydrogen-bond donors (Lipinski definition) is 1. The Labute approximate surface area is 192 Å². The maximum absolute atomic E-state index is 14.2. The smallest absolute Gasteiger partial charge is 0.233 e. The van der Waals surface area contributed by atoms with Crippen molar-refractivity contribution in [1.82, 2.24) is 24.8 Å². The molecule has 0 amide bonds. The van der Waals surface area contributed by atoms with Crippen molar-refractivity contribution in [2.24, 2.45) is 0 Å². The minimum absolute atomic E-state index is 0.0190. The number of anilines is 3. The van der Waals surface area contributed by atoms with Crippen LogP contribution in [-0.2, 0) is 12.8 Å². The lowest BCUT2D eigenvalue weighted by molar-refractivity contribution is 0.0991. The molecule has 0 saturated carbocycles. The van der Waals surface area contributed by atoms with E-state index in [1.165, 1.54) is 6.07 Å². The first-order valence-corrected chi connectivity index (χ1v) is 11.1. The number of ketones is 1. The number of aryl methyl sites for hydroxylation is 2. The number of Topliss-reactive ketones (excluding diaryl/α,β-unsaturated/α-hetero) is 1. The first-order chi connectivity index (χ1) is 15.9. The van der Waals surface area contributed by atoms with Crippen LogP contribution in [0.15, 0.2) is 36.5 Å². The summed E-state index contributed by atoms with van der Waals surface area (Å²) in [5.41, 5.74) is 1.63. The van der Waals surface area contributed by atoms with E-state index < -0.39 is 0 Å². The van der Waals surface area contributed by atoms with E-state index in [4.69, 9.17) is 0 Å². The Bertz CT molecular complexity index is 1150. The zero-order valence-corrected chi connectivity index (χ0v) is 19.2. The number of pyridine rings is 1. The van der Waals surface area contributed by atoms with Gasteiger partial charge in [-0.15, -0.1) is 0 Å². The van der Waals surface area contributed by atoms with Crippen molar-refractivity contribution in [3.63, 3.8) is 0 Å². The number of aromatic nitrogens is 4. The van der Waals surface area contributed by atoms with Crippen molar-refractivity contribution in [1.29, 1.82) is 0 Å². The number of nitrogens with zero attached hydrogens (tertiary/aromatic N) is 6. The van der Waals surface area contributed by atoms with Gasteiger partial charge in [0.2, 0.25) is 11.9 Å². The third-order valence-electron chi connectivity index (χ3n) is 5.65. The number of carbonyl (C=O) groups excluding carboxylic acids is 1. The number of piperazine rings is 1. The molecule has 0 aliphatic carbocycles. The maximum atomic E-state index is 14.2. The second kappa shape index (κ2) is 9.99. The second-order valence-electron chi connectivity index (χ2n) is 8.27. The van der Waals surface area contributed by atoms with Gasteiger partial charge in [0.05, 0.1) is 0 Å². The monoisotopic (exact) mass is 449 g/mol. The SMILES string of the molecule is CCc1nc(Nc2cc(C(=O)Cc3ccc(C)cc3F)ccn2)nc(N2CCN(C)CC2)n1. The summed E-state index contributed by atoms with van der Waals surface area (Å²) >= 11 is 0. The molecule has 33 heavy (non-hydrogen) atoms. The van der Waals surface area contributed by atoms with E-state index in [1.54, 1.807) is 30.5 Å². The molecule has 0 spiro atoms. The molecule has 0 unspecified atom stereocenters. The Balaban J connectivity index is 1.52. The van der Waals surface area contributed by atoms with Crippen molar-refractivity contribution < 1.29 is 9.18 Å². The number of carbonyl (C=O) groups is 1. The van der Waals surface area contributed by atoms with Gasteiger partial charge < -0.3 is 15.1 Å². The summed E-state index contributed by atoms with van der Waals surface area (Å²) in [6.07, 6.45) is 2.20. The van der Waals surface area contributed by atoms with Crippen molar-refractivity contribution in [2.75, 3.05) is 43.4 Å². The van der Waals surface area contributed by atoms with Crippen molar-refractivity contribution >= 4 is 23.5 Å². The summed E-state index contributed by atoms with van der Waals surface area (Å²) < 4.78 is 14.2. The van der Waals surface area contributed by atoms with Crippen LogP contribution in [0.2, 0.25) is 0 Å². The van der Waals surface area contributed by atoms with Crippen LogP contribution in [0.4, 0.5) is 22.1 Å². The molecular formula is C24H28FN7O. The van der Waals surface area contributed by atoms with E-state index in [9.17, 15) is 9.18 Å². The highest BCUT2D eigenvalue weighted by atomic mass is 19.1. The molecule has 1 N–H and O–H groups in total. The van der Waals surface area contributed by atoms with Crippen molar-refractivity contribution in [3.8, 4) is 0 Å². The second-order valence-corrected chi connectivity index (χ2v) is 8.27. The van der Waals surface area contributed by atoms with E-state index in [2.05, 4.69) is 42.1 Å². The van der Waals surface area contributed by atoms with Crippen LogP contribution in [0.3, 0.4) is 0 Å². The van der Waals surface area contributed by atoms with Gasteiger partial charge in [0, 0.05) is 50.8 Å². The molecule has 2 aromatic heterocycles. The summed E-state index contributed by atoms with van der Waals surface area (Å²) in [5.74, 6) is 1.60. The summed E-state index contributed by atoms with van der Waals surface area (Å²) in [6.45, 7) is 7.40. The lowest BCUT2D eigenvalue weighted by Crippen LogP contribution is -2.45. The topological polar surface area (TPSA) is 87.1 Å². The molecule has 1 aliphatic heterocycles. The number of nitrogens with one attached hydrogen (secondary N) is 1. The van der Waals surface area contributed by atoms with Gasteiger partial charge in [0.25, 0.3) is 0 Å². The number of halogens is 1. The third kappa shape index (κ3) is 5.67. The Morgan fingerprint density at radius 3 is 2.61 bits per heavy atom. The van der Waals surface area contributed by atoms with E-state index in [-0.39, 0.29) is 18.0 Å². The van der Waals surface area contributed by atoms with Gasteiger partial charge in [0.1, 0.15) is 17.5 Å². The molecule has 4 rings (SSSR count). The van der Waals surface area contributed by atoms with Gasteiger partial charge in [-0.1, -0.05) is 19.1 Å². The van der Waals surface area contributed by atoms with Crippen molar-refractivity contribution in [2.45, 2.75) is 26.7 Å². The van der Waals surface area contributed by atoms with Gasteiger partial charge in [0.15, 0.2) is 5.78 Å². The molecule has 1 aliphatic rings. The highest BCUT2D eigenvalue weighted by Crippen LogP contribution is 2.19. The van der Waals surface area contributed by atoms with Crippen LogP contribution in [0.1, 0.15) is 34.2 Å². The number of rotatable bonds is 7. The van der Waals surface area contributed by atoms with Crippen molar-refractivity contribution in [3.05, 3.63) is 64.9 Å². The Morgan fingerprint density at radius 2 is 1.88 bits per heavy atom. The van der Waals surface area contributed by atoms with Crippen LogP contribution in [0.5, 0.6) is 0 Å². The summed E-state index contributed by atoms with van der Waals surface area (Å²) in [6, 6.07) is 8.15. The Hall–Kier alpha value is -3.46. The minimum Gasteiger partial charge on any atom is -0.338 e. The summed E-state index contributed by atoms with van der Waals surface area (Å²) in [5, 5.41) is 3.11. The quantitative estimate of drug-likeness (QED) is 0.551. The first kappa shape index (κ1) is 22.7. The van der Waals surface area contributed by atoms with E-state index in [0.717, 1.165) is 31.7 Å². The Morgan fingerprint density at radius 1 is 1.09 bits per heavy atom. The fraction of sp³-hybridized carbons (Fsp3) is 0.375. The summed E-state index contributed by atoms with van der Waals surface area (Å²) in [4.78, 5) is 35.1. The molecule has 172 valence electrons. The highest BCUT2D eigenvalue weighted by Gasteiger charge is 2.19. The van der Waals surface area contributed by atoms with Crippen LogP contribution in [0, 0.1) is 12.7 Å². The van der Waals surface area contributed by atoms with E-state index in [0.29, 0.717) is 41.1 Å². The standard InChI is InChI=1S/C24H28FN7O/c1-4-21-27-23(30-24(29-21)32-11-9-31(3)10-12-32)28-22-15-18(7-8-26-22)20(33)14-17-6-5-16(2)13-19(17)25/h5-8,13,15H,4,9-12,14H2,1-3H3,(H,26,27,28,29,30). The molecule has 3 heterocycles. The predicted molar refractivity (Wildman–Crippen MR) is 126 cm³/mol. The number of benzene rings is 1. The highest BCUT2D eigenvalue weighted by molar-refractivity contribution is 5.98. The molecule has 1 fully saturated rings. The number of hydrogen-bond acceptors (Lipinski definition) is 8. The average Bonchev–Trinajstić information content (AvgIpc) is 2.81. The lowest BCUT2D eigenvalue weighted by Gasteiger charge is -2.32. The van der Waals surface area contributed by atoms with Gasteiger partial charge in [-0.3, -0.25) is 4.79 Å². The van der Waals surface area contributed by atoms with E-state index >= 15 is 0 Å². The molecule has 0 atom stereocenters. The molecule has 1 aromatic carbocycles. The van der Waals surface area contributed by atoms with Gasteiger partial charge in [-0.05, 0) is 43.3 Å². The van der Waals surface area contributed by atoms with Crippen LogP contribution >= 0.6 is 0 Å². The molecule has 1 saturated heterocycles. The fourth-order valence-electron chi connectivity index (χ4n) is 3.63. The molecule has 3 aromatic rings. The zero-order chi connectivity index (χ0) is 23.4. The first-order valence-electron chi connectivity index (χ1n) is 11.1. The predicted octanol–water partition coefficient (Wildman–Crippen LogP) is 3.20. The normalized spacial score (nSPS) is 14.4. The summed E-state index contributed by atoms with van der Waals surface area (Å²) in [7, 11) is 2.10. The minimum atomic E-state index is -0.371. The van der Waals surface area contributed by atoms with E-state index in [1.807, 2.05) is 13.8 Å². The third-order valence-corrected chi connectivity index (χ3v) is 5.65. The van der Waals surface area contributed by atoms with Crippen LogP contribution in [0.25, 0.3) is 0 Å². The molecule has 9 heteroatoms. The molecular weight excluding hydrogens is 421 g/mol. The van der Waals surface area contributed by atoms with Crippen LogP contribution < -0.4 is 10.2 Å². The number of likely N-dealkylation sites (N-methyl/N-ethyl adjacent to an activating group) is 1. The van der Waals surface area contributed by atoms with Gasteiger partial charge in [-0.25, -0.2) is 9.37 Å². The molecule has 8 nitrogen and oxygen atoms in total. The largest absolute Gasteiger partial charge is 0.338 e. The lowest BCUT2D eigenvalue weighted by atomic mass is 10.0.